The Balaban J connectivity index is 1.75. The zero-order chi connectivity index (χ0) is 15.8. The molecule has 1 heterocycles. The van der Waals surface area contributed by atoms with Gasteiger partial charge in [-0.1, -0.05) is 12.1 Å². The van der Waals surface area contributed by atoms with E-state index in [2.05, 4.69) is 0 Å². The first-order valence-electron chi connectivity index (χ1n) is 8.26. The Morgan fingerprint density at radius 2 is 2.09 bits per heavy atom. The van der Waals surface area contributed by atoms with Crippen molar-refractivity contribution < 1.29 is 14.3 Å². The maximum absolute atomic E-state index is 12.2. The summed E-state index contributed by atoms with van der Waals surface area (Å²) in [4.78, 5) is 14.1. The van der Waals surface area contributed by atoms with Gasteiger partial charge in [0.05, 0.1) is 19.1 Å². The molecular weight excluding hydrogens is 278 g/mol. The molecule has 1 saturated heterocycles. The molecule has 0 spiro atoms. The van der Waals surface area contributed by atoms with Crippen molar-refractivity contribution in [3.05, 3.63) is 29.8 Å². The highest BCUT2D eigenvalue weighted by Crippen LogP contribution is 2.16. The number of benzene rings is 1. The van der Waals surface area contributed by atoms with Crippen molar-refractivity contribution in [1.29, 1.82) is 0 Å². The van der Waals surface area contributed by atoms with Crippen molar-refractivity contribution in [1.82, 2.24) is 4.90 Å². The van der Waals surface area contributed by atoms with E-state index in [9.17, 15) is 4.79 Å². The van der Waals surface area contributed by atoms with Gasteiger partial charge in [0.1, 0.15) is 5.75 Å². The maximum Gasteiger partial charge on any atom is 0.226 e. The highest BCUT2D eigenvalue weighted by Gasteiger charge is 2.16. The first kappa shape index (κ1) is 16.8. The SMILES string of the molecule is CCOc1ccc(CC(=O)N(C)CCC2CCCCO2)cc1. The zero-order valence-electron chi connectivity index (χ0n) is 13.7. The van der Waals surface area contributed by atoms with Gasteiger partial charge >= 0.3 is 0 Å². The Labute approximate surface area is 133 Å². The number of amides is 1. The van der Waals surface area contributed by atoms with Crippen LogP contribution in [0.5, 0.6) is 5.75 Å². The quantitative estimate of drug-likeness (QED) is 0.777. The number of carbonyl (C=O) groups is 1. The van der Waals surface area contributed by atoms with Crippen LogP contribution in [0, 0.1) is 0 Å². The topological polar surface area (TPSA) is 38.8 Å². The standard InChI is InChI=1S/C18H27NO3/c1-3-21-17-9-7-15(8-10-17)14-18(20)19(2)12-11-16-6-4-5-13-22-16/h7-10,16H,3-6,11-14H2,1-2H3. The van der Waals surface area contributed by atoms with E-state index in [0.717, 1.165) is 37.3 Å². The zero-order valence-corrected chi connectivity index (χ0v) is 13.7. The molecule has 4 heteroatoms. The number of carbonyl (C=O) groups excluding carboxylic acids is 1. The first-order chi connectivity index (χ1) is 10.7. The highest BCUT2D eigenvalue weighted by atomic mass is 16.5. The Kier molecular flexibility index (Phi) is 6.72. The molecule has 22 heavy (non-hydrogen) atoms. The summed E-state index contributed by atoms with van der Waals surface area (Å²) in [6.07, 6.45) is 5.24. The van der Waals surface area contributed by atoms with Gasteiger partial charge in [0.15, 0.2) is 0 Å². The van der Waals surface area contributed by atoms with E-state index >= 15 is 0 Å². The van der Waals surface area contributed by atoms with Crippen LogP contribution < -0.4 is 4.74 Å². The largest absolute Gasteiger partial charge is 0.494 e. The third kappa shape index (κ3) is 5.34. The van der Waals surface area contributed by atoms with Crippen LogP contribution in [0.15, 0.2) is 24.3 Å². The number of ether oxygens (including phenoxy) is 2. The molecule has 1 aromatic carbocycles. The molecule has 1 amide bonds. The van der Waals surface area contributed by atoms with Gasteiger partial charge < -0.3 is 14.4 Å². The predicted octanol–water partition coefficient (Wildman–Crippen LogP) is 3.05. The van der Waals surface area contributed by atoms with Crippen molar-refractivity contribution >= 4 is 5.91 Å². The van der Waals surface area contributed by atoms with Crippen LogP contribution in [-0.4, -0.2) is 43.7 Å². The van der Waals surface area contributed by atoms with Crippen LogP contribution in [0.4, 0.5) is 0 Å². The third-order valence-electron chi connectivity index (χ3n) is 4.08. The van der Waals surface area contributed by atoms with E-state index in [1.807, 2.05) is 43.1 Å². The van der Waals surface area contributed by atoms with Gasteiger partial charge in [-0.2, -0.15) is 0 Å². The number of nitrogens with zero attached hydrogens (tertiary/aromatic N) is 1. The van der Waals surface area contributed by atoms with Crippen molar-refractivity contribution in [2.75, 3.05) is 26.8 Å². The molecule has 0 aromatic heterocycles. The Bertz CT molecular complexity index is 452. The van der Waals surface area contributed by atoms with E-state index in [1.165, 1.54) is 12.8 Å². The first-order valence-corrected chi connectivity index (χ1v) is 8.26. The lowest BCUT2D eigenvalue weighted by Crippen LogP contribution is -2.32. The summed E-state index contributed by atoms with van der Waals surface area (Å²) in [5, 5.41) is 0. The normalized spacial score (nSPS) is 18.0. The van der Waals surface area contributed by atoms with Crippen molar-refractivity contribution in [2.24, 2.45) is 0 Å². The summed E-state index contributed by atoms with van der Waals surface area (Å²) in [6, 6.07) is 7.76. The Hall–Kier alpha value is -1.55. The van der Waals surface area contributed by atoms with Crippen molar-refractivity contribution in [3.63, 3.8) is 0 Å². The van der Waals surface area contributed by atoms with E-state index in [1.54, 1.807) is 0 Å². The summed E-state index contributed by atoms with van der Waals surface area (Å²) >= 11 is 0. The highest BCUT2D eigenvalue weighted by molar-refractivity contribution is 5.78. The monoisotopic (exact) mass is 305 g/mol. The summed E-state index contributed by atoms with van der Waals surface area (Å²) in [5.41, 5.74) is 1.02. The Morgan fingerprint density at radius 3 is 2.73 bits per heavy atom. The minimum Gasteiger partial charge on any atom is -0.494 e. The van der Waals surface area contributed by atoms with Gasteiger partial charge in [0.2, 0.25) is 5.91 Å². The second-order valence-corrected chi connectivity index (χ2v) is 5.85. The molecule has 1 unspecified atom stereocenters. The molecule has 0 saturated carbocycles. The van der Waals surface area contributed by atoms with Gasteiger partial charge in [-0.25, -0.2) is 0 Å². The predicted molar refractivity (Wildman–Crippen MR) is 87.2 cm³/mol. The number of likely N-dealkylation sites (N-methyl/N-ethyl adjacent to an activating group) is 1. The summed E-state index contributed by atoms with van der Waals surface area (Å²) < 4.78 is 11.1. The average molecular weight is 305 g/mol. The molecule has 1 atom stereocenters. The molecule has 0 radical (unpaired) electrons. The minimum atomic E-state index is 0.153. The fourth-order valence-corrected chi connectivity index (χ4v) is 2.68. The third-order valence-corrected chi connectivity index (χ3v) is 4.08. The van der Waals surface area contributed by atoms with Gasteiger partial charge in [0, 0.05) is 20.2 Å². The molecule has 0 N–H and O–H groups in total. The molecular formula is C18H27NO3. The number of hydrogen-bond acceptors (Lipinski definition) is 3. The lowest BCUT2D eigenvalue weighted by atomic mass is 10.1. The van der Waals surface area contributed by atoms with Gasteiger partial charge in [0.25, 0.3) is 0 Å². The molecule has 0 bridgehead atoms. The second kappa shape index (κ2) is 8.79. The fourth-order valence-electron chi connectivity index (χ4n) is 2.68. The molecule has 1 aromatic rings. The molecule has 1 aliphatic rings. The van der Waals surface area contributed by atoms with Crippen molar-refractivity contribution in [2.45, 2.75) is 45.1 Å². The lowest BCUT2D eigenvalue weighted by Gasteiger charge is -2.25. The van der Waals surface area contributed by atoms with Gasteiger partial charge in [-0.05, 0) is 50.3 Å². The maximum atomic E-state index is 12.2. The average Bonchev–Trinajstić information content (AvgIpc) is 2.55. The molecule has 2 rings (SSSR count). The summed E-state index contributed by atoms with van der Waals surface area (Å²) in [6.45, 7) is 4.25. The van der Waals surface area contributed by atoms with E-state index in [0.29, 0.717) is 19.1 Å². The smallest absolute Gasteiger partial charge is 0.226 e. The van der Waals surface area contributed by atoms with E-state index < -0.39 is 0 Å². The summed E-state index contributed by atoms with van der Waals surface area (Å²) in [7, 11) is 1.87. The molecule has 1 fully saturated rings. The van der Waals surface area contributed by atoms with Crippen LogP contribution in [0.25, 0.3) is 0 Å². The van der Waals surface area contributed by atoms with E-state index in [-0.39, 0.29) is 5.91 Å². The minimum absolute atomic E-state index is 0.153. The van der Waals surface area contributed by atoms with Gasteiger partial charge in [-0.3, -0.25) is 4.79 Å². The van der Waals surface area contributed by atoms with Crippen LogP contribution >= 0.6 is 0 Å². The Morgan fingerprint density at radius 1 is 1.32 bits per heavy atom. The van der Waals surface area contributed by atoms with E-state index in [4.69, 9.17) is 9.47 Å². The van der Waals surface area contributed by atoms with Crippen LogP contribution in [0.2, 0.25) is 0 Å². The van der Waals surface area contributed by atoms with Crippen LogP contribution in [0.1, 0.15) is 38.2 Å². The number of hydrogen-bond donors (Lipinski definition) is 0. The number of rotatable bonds is 7. The fraction of sp³-hybridized carbons (Fsp3) is 0.611. The molecule has 0 aliphatic carbocycles. The van der Waals surface area contributed by atoms with Crippen LogP contribution in [-0.2, 0) is 16.0 Å². The molecule has 4 nitrogen and oxygen atoms in total. The molecule has 1 aliphatic heterocycles. The molecule has 122 valence electrons. The van der Waals surface area contributed by atoms with Crippen LogP contribution in [0.3, 0.4) is 0 Å². The second-order valence-electron chi connectivity index (χ2n) is 5.85. The van der Waals surface area contributed by atoms with Crippen molar-refractivity contribution in [3.8, 4) is 5.75 Å². The summed E-state index contributed by atoms with van der Waals surface area (Å²) in [5.74, 6) is 1.00. The van der Waals surface area contributed by atoms with Gasteiger partial charge in [-0.15, -0.1) is 0 Å². The lowest BCUT2D eigenvalue weighted by molar-refractivity contribution is -0.129.